The number of guanidine groups is 1. The van der Waals surface area contributed by atoms with E-state index < -0.39 is 0 Å². The third-order valence-corrected chi connectivity index (χ3v) is 2.63. The Morgan fingerprint density at radius 1 is 1.31 bits per heavy atom. The van der Waals surface area contributed by atoms with Gasteiger partial charge in [0.25, 0.3) is 0 Å². The van der Waals surface area contributed by atoms with Crippen LogP contribution in [0.3, 0.4) is 0 Å². The van der Waals surface area contributed by atoms with Gasteiger partial charge in [0.05, 0.1) is 6.54 Å². The van der Waals surface area contributed by atoms with Gasteiger partial charge in [0.15, 0.2) is 5.96 Å². The zero-order valence-electron chi connectivity index (χ0n) is 11.5. The molecule has 0 aliphatic heterocycles. The molecule has 0 fully saturated rings. The van der Waals surface area contributed by atoms with Crippen LogP contribution < -0.4 is 10.6 Å². The first kappa shape index (κ1) is 15.2. The molecule has 0 aromatic heterocycles. The first-order valence-electron chi connectivity index (χ1n) is 6.37. The molecule has 1 atom stereocenters. The van der Waals surface area contributed by atoms with Gasteiger partial charge in [0.1, 0.15) is 0 Å². The summed E-state index contributed by atoms with van der Waals surface area (Å²) in [6.07, 6.45) is 1.11. The van der Waals surface area contributed by atoms with Crippen LogP contribution in [0.5, 0.6) is 0 Å². The number of aliphatic imine (C=N–C) groups is 1. The molecule has 2 N–H and O–H groups in total. The Morgan fingerprint density at radius 2 is 2.00 bits per heavy atom. The average Bonchev–Trinajstić information content (AvgIpc) is 2.28. The minimum absolute atomic E-state index is 0.474. The normalized spacial score (nSPS) is 14.0. The lowest BCUT2D eigenvalue weighted by molar-refractivity contribution is 0.363. The highest BCUT2D eigenvalue weighted by atomic mass is 15.2. The Balaban J connectivity index is 4.02. The maximum atomic E-state index is 4.54. The molecule has 0 heterocycles. The maximum Gasteiger partial charge on any atom is 0.191 e. The van der Waals surface area contributed by atoms with Crippen LogP contribution in [-0.2, 0) is 0 Å². The summed E-state index contributed by atoms with van der Waals surface area (Å²) in [6, 6.07) is 0.474. The molecular weight excluding hydrogens is 200 g/mol. The topological polar surface area (TPSA) is 39.7 Å². The van der Waals surface area contributed by atoms with E-state index in [4.69, 9.17) is 0 Å². The Kier molecular flexibility index (Phi) is 9.00. The summed E-state index contributed by atoms with van der Waals surface area (Å²) in [5, 5.41) is 6.64. The van der Waals surface area contributed by atoms with Gasteiger partial charge in [0, 0.05) is 19.1 Å². The summed E-state index contributed by atoms with van der Waals surface area (Å²) in [5.41, 5.74) is 0. The van der Waals surface area contributed by atoms with Gasteiger partial charge in [-0.2, -0.15) is 0 Å². The fraction of sp³-hybridized carbons (Fsp3) is 0.917. The van der Waals surface area contributed by atoms with Crippen LogP contribution in [0, 0.1) is 0 Å². The Labute approximate surface area is 101 Å². The molecule has 0 aromatic rings. The quantitative estimate of drug-likeness (QED) is 0.509. The van der Waals surface area contributed by atoms with Crippen molar-refractivity contribution >= 4 is 5.96 Å². The first-order valence-corrected chi connectivity index (χ1v) is 6.37. The molecule has 0 spiro atoms. The van der Waals surface area contributed by atoms with E-state index >= 15 is 0 Å². The average molecular weight is 228 g/mol. The SMILES string of the molecule is CCNC(=NCCN(C)CC)NC(C)CC. The van der Waals surface area contributed by atoms with Gasteiger partial charge in [-0.25, -0.2) is 0 Å². The van der Waals surface area contributed by atoms with Crippen LogP contribution in [0.4, 0.5) is 0 Å². The summed E-state index contributed by atoms with van der Waals surface area (Å²) in [4.78, 5) is 6.80. The molecule has 0 saturated carbocycles. The summed E-state index contributed by atoms with van der Waals surface area (Å²) in [7, 11) is 2.12. The zero-order chi connectivity index (χ0) is 12.4. The van der Waals surface area contributed by atoms with Gasteiger partial charge in [-0.05, 0) is 33.9 Å². The predicted molar refractivity (Wildman–Crippen MR) is 72.0 cm³/mol. The van der Waals surface area contributed by atoms with Gasteiger partial charge in [0.2, 0.25) is 0 Å². The number of hydrogen-bond donors (Lipinski definition) is 2. The molecule has 0 bridgehead atoms. The van der Waals surface area contributed by atoms with Crippen molar-refractivity contribution in [1.29, 1.82) is 0 Å². The molecule has 1 unspecified atom stereocenters. The lowest BCUT2D eigenvalue weighted by atomic mass is 10.3. The molecule has 0 aromatic carbocycles. The van der Waals surface area contributed by atoms with Crippen molar-refractivity contribution in [2.24, 2.45) is 4.99 Å². The fourth-order valence-corrected chi connectivity index (χ4v) is 1.15. The fourth-order valence-electron chi connectivity index (χ4n) is 1.15. The number of likely N-dealkylation sites (N-methyl/N-ethyl adjacent to an activating group) is 1. The van der Waals surface area contributed by atoms with Gasteiger partial charge in [-0.3, -0.25) is 4.99 Å². The minimum atomic E-state index is 0.474. The zero-order valence-corrected chi connectivity index (χ0v) is 11.5. The summed E-state index contributed by atoms with van der Waals surface area (Å²) in [6.45, 7) is 12.4. The van der Waals surface area contributed by atoms with E-state index in [0.717, 1.165) is 38.6 Å². The molecule has 0 radical (unpaired) electrons. The van der Waals surface area contributed by atoms with Crippen molar-refractivity contribution in [2.45, 2.75) is 40.2 Å². The van der Waals surface area contributed by atoms with Crippen LogP contribution in [0.1, 0.15) is 34.1 Å². The second-order valence-electron chi connectivity index (χ2n) is 4.11. The molecule has 96 valence electrons. The minimum Gasteiger partial charge on any atom is -0.357 e. The largest absolute Gasteiger partial charge is 0.357 e. The molecule has 16 heavy (non-hydrogen) atoms. The van der Waals surface area contributed by atoms with Crippen LogP contribution >= 0.6 is 0 Å². The Morgan fingerprint density at radius 3 is 2.50 bits per heavy atom. The monoisotopic (exact) mass is 228 g/mol. The maximum absolute atomic E-state index is 4.54. The van der Waals surface area contributed by atoms with E-state index in [-0.39, 0.29) is 0 Å². The lowest BCUT2D eigenvalue weighted by Crippen LogP contribution is -2.42. The molecule has 0 amide bonds. The predicted octanol–water partition coefficient (Wildman–Crippen LogP) is 1.29. The third-order valence-electron chi connectivity index (χ3n) is 2.63. The van der Waals surface area contributed by atoms with Crippen molar-refractivity contribution in [2.75, 3.05) is 33.2 Å². The van der Waals surface area contributed by atoms with E-state index in [1.807, 2.05) is 0 Å². The molecule has 4 heteroatoms. The third kappa shape index (κ3) is 7.51. The highest BCUT2D eigenvalue weighted by Crippen LogP contribution is 1.88. The Bertz CT molecular complexity index is 191. The van der Waals surface area contributed by atoms with Gasteiger partial charge < -0.3 is 15.5 Å². The second-order valence-corrected chi connectivity index (χ2v) is 4.11. The number of nitrogens with zero attached hydrogens (tertiary/aromatic N) is 2. The highest BCUT2D eigenvalue weighted by Gasteiger charge is 2.01. The number of nitrogens with one attached hydrogen (secondary N) is 2. The Hall–Kier alpha value is -0.770. The van der Waals surface area contributed by atoms with E-state index in [1.54, 1.807) is 0 Å². The molecule has 0 rings (SSSR count). The van der Waals surface area contributed by atoms with E-state index in [2.05, 4.69) is 55.3 Å². The summed E-state index contributed by atoms with van der Waals surface area (Å²) < 4.78 is 0. The van der Waals surface area contributed by atoms with Crippen molar-refractivity contribution < 1.29 is 0 Å². The molecular formula is C12H28N4. The van der Waals surface area contributed by atoms with Crippen LogP contribution in [0.2, 0.25) is 0 Å². The van der Waals surface area contributed by atoms with Crippen LogP contribution in [0.25, 0.3) is 0 Å². The molecule has 0 aliphatic carbocycles. The van der Waals surface area contributed by atoms with Gasteiger partial charge in [-0.1, -0.05) is 13.8 Å². The van der Waals surface area contributed by atoms with E-state index in [9.17, 15) is 0 Å². The molecule has 0 saturated heterocycles. The lowest BCUT2D eigenvalue weighted by Gasteiger charge is -2.17. The molecule has 0 aliphatic rings. The van der Waals surface area contributed by atoms with Gasteiger partial charge in [-0.15, -0.1) is 0 Å². The van der Waals surface area contributed by atoms with Crippen molar-refractivity contribution in [3.63, 3.8) is 0 Å². The molecule has 4 nitrogen and oxygen atoms in total. The van der Waals surface area contributed by atoms with Crippen LogP contribution in [0.15, 0.2) is 4.99 Å². The van der Waals surface area contributed by atoms with Crippen molar-refractivity contribution in [3.05, 3.63) is 0 Å². The standard InChI is InChI=1S/C12H28N4/c1-6-11(4)15-12(13-7-2)14-9-10-16(5)8-3/h11H,6-10H2,1-5H3,(H2,13,14,15). The van der Waals surface area contributed by atoms with Crippen molar-refractivity contribution in [3.8, 4) is 0 Å². The van der Waals surface area contributed by atoms with E-state index in [1.165, 1.54) is 0 Å². The van der Waals surface area contributed by atoms with E-state index in [0.29, 0.717) is 6.04 Å². The summed E-state index contributed by atoms with van der Waals surface area (Å²) >= 11 is 0. The first-order chi connectivity index (χ1) is 7.63. The second kappa shape index (κ2) is 9.46. The summed E-state index contributed by atoms with van der Waals surface area (Å²) in [5.74, 6) is 0.932. The van der Waals surface area contributed by atoms with Crippen molar-refractivity contribution in [1.82, 2.24) is 15.5 Å². The highest BCUT2D eigenvalue weighted by molar-refractivity contribution is 5.80. The number of rotatable bonds is 7. The van der Waals surface area contributed by atoms with Crippen LogP contribution in [-0.4, -0.2) is 50.1 Å². The smallest absolute Gasteiger partial charge is 0.191 e. The number of hydrogen-bond acceptors (Lipinski definition) is 2. The van der Waals surface area contributed by atoms with Gasteiger partial charge >= 0.3 is 0 Å².